The fourth-order valence-corrected chi connectivity index (χ4v) is 7.57. The highest BCUT2D eigenvalue weighted by Crippen LogP contribution is 2.16. The van der Waals surface area contributed by atoms with Crippen molar-refractivity contribution in [1.82, 2.24) is 0 Å². The lowest BCUT2D eigenvalue weighted by Gasteiger charge is -2.34. The highest BCUT2D eigenvalue weighted by molar-refractivity contribution is 5.70. The molecule has 8 heteroatoms. The molecule has 65 heavy (non-hydrogen) atoms. The summed E-state index contributed by atoms with van der Waals surface area (Å²) in [4.78, 5) is 37.0. The molecule has 0 aromatic carbocycles. The predicted octanol–water partition coefficient (Wildman–Crippen LogP) is 14.1. The van der Waals surface area contributed by atoms with Gasteiger partial charge in [0.2, 0.25) is 0 Å². The second-order valence-electron chi connectivity index (χ2n) is 18.7. The van der Waals surface area contributed by atoms with Crippen molar-refractivity contribution in [3.05, 3.63) is 72.9 Å². The quantitative estimate of drug-likeness (QED) is 0.0259. The van der Waals surface area contributed by atoms with E-state index in [2.05, 4.69) is 74.6 Å². The molecule has 0 fully saturated rings. The van der Waals surface area contributed by atoms with Crippen LogP contribution in [0.1, 0.15) is 219 Å². The molecule has 0 amide bonds. The molecule has 374 valence electrons. The first-order valence-corrected chi connectivity index (χ1v) is 26.5. The van der Waals surface area contributed by atoms with Crippen LogP contribution >= 0.6 is 0 Å². The van der Waals surface area contributed by atoms with Gasteiger partial charge in [-0.3, -0.25) is 9.59 Å². The summed E-state index contributed by atoms with van der Waals surface area (Å²) >= 11 is 0. The summed E-state index contributed by atoms with van der Waals surface area (Å²) < 4.78 is 17.2. The SMILES string of the molecule is CC/C=C/C/C=C/C/C=C/C/C=C/C/C=C/C/C=C/CCC(=O)OCC(COCCC(C(=O)[O-])[N+](C)(C)C)OC(=O)CCCCCCCCCCCCCCCCCCCCCCCC. The van der Waals surface area contributed by atoms with Gasteiger partial charge in [0.05, 0.1) is 40.3 Å². The first-order chi connectivity index (χ1) is 31.6. The third-order valence-electron chi connectivity index (χ3n) is 11.6. The number of hydrogen-bond donors (Lipinski definition) is 0. The number of esters is 2. The van der Waals surface area contributed by atoms with Gasteiger partial charge >= 0.3 is 11.9 Å². The molecule has 0 radical (unpaired) electrons. The van der Waals surface area contributed by atoms with E-state index >= 15 is 0 Å². The van der Waals surface area contributed by atoms with Gasteiger partial charge in [-0.05, 0) is 51.4 Å². The summed E-state index contributed by atoms with van der Waals surface area (Å²) in [5.74, 6) is -1.84. The van der Waals surface area contributed by atoms with Gasteiger partial charge in [-0.1, -0.05) is 222 Å². The normalized spacial score (nSPS) is 13.4. The molecule has 0 saturated heterocycles. The zero-order chi connectivity index (χ0) is 47.7. The molecule has 0 aromatic rings. The van der Waals surface area contributed by atoms with Gasteiger partial charge in [0.25, 0.3) is 0 Å². The van der Waals surface area contributed by atoms with Crippen molar-refractivity contribution in [3.8, 4) is 0 Å². The Bertz CT molecular complexity index is 1290. The number of aliphatic carboxylic acids is 1. The van der Waals surface area contributed by atoms with E-state index in [0.717, 1.165) is 57.8 Å². The van der Waals surface area contributed by atoms with E-state index in [1.54, 1.807) is 21.1 Å². The second kappa shape index (κ2) is 47.3. The maximum atomic E-state index is 12.8. The lowest BCUT2D eigenvalue weighted by atomic mass is 10.0. The molecule has 0 heterocycles. The van der Waals surface area contributed by atoms with E-state index in [1.165, 1.54) is 122 Å². The van der Waals surface area contributed by atoms with Gasteiger partial charge in [0.1, 0.15) is 12.6 Å². The summed E-state index contributed by atoms with van der Waals surface area (Å²) in [5.41, 5.74) is 0. The number of nitrogens with zero attached hydrogens (tertiary/aromatic N) is 1. The molecular weight excluding hydrogens is 811 g/mol. The number of quaternary nitrogens is 1. The van der Waals surface area contributed by atoms with Crippen LogP contribution in [0, 0.1) is 0 Å². The van der Waals surface area contributed by atoms with Crippen LogP contribution in [0.3, 0.4) is 0 Å². The van der Waals surface area contributed by atoms with E-state index in [-0.39, 0.29) is 49.1 Å². The molecule has 2 atom stereocenters. The average molecular weight is 910 g/mol. The molecule has 0 bridgehead atoms. The van der Waals surface area contributed by atoms with Crippen LogP contribution in [0.4, 0.5) is 0 Å². The van der Waals surface area contributed by atoms with Gasteiger partial charge < -0.3 is 28.6 Å². The van der Waals surface area contributed by atoms with E-state index in [0.29, 0.717) is 12.8 Å². The van der Waals surface area contributed by atoms with Crippen molar-refractivity contribution in [2.75, 3.05) is 41.0 Å². The lowest BCUT2D eigenvalue weighted by molar-refractivity contribution is -0.889. The Labute approximate surface area is 400 Å². The number of carbonyl (C=O) groups excluding carboxylic acids is 3. The molecule has 0 aliphatic heterocycles. The fourth-order valence-electron chi connectivity index (χ4n) is 7.57. The summed E-state index contributed by atoms with van der Waals surface area (Å²) in [6, 6.07) is -0.739. The van der Waals surface area contributed by atoms with Crippen molar-refractivity contribution in [1.29, 1.82) is 0 Å². The minimum atomic E-state index is -1.13. The smallest absolute Gasteiger partial charge is 0.306 e. The standard InChI is InChI=1S/C57H99NO7/c1-6-8-10-12-14-16-18-20-22-24-26-27-28-30-32-34-36-38-40-42-44-46-48-56(60)65-53(51-63-50-49-54(57(61)62)58(3,4)5)52-64-55(59)47-45-43-41-39-37-35-33-31-29-25-23-21-19-17-15-13-11-9-7-2/h9,11,15,17,21,23,29,31,35,37,41,43,53-54H,6-8,10,12-14,16,18-20,22,24-28,30,32-34,36,38-40,42,44-52H2,1-5H3/b11-9+,17-15+,23-21+,31-29+,37-35+,43-41+. The Morgan fingerprint density at radius 3 is 1.25 bits per heavy atom. The van der Waals surface area contributed by atoms with Crippen LogP contribution in [-0.2, 0) is 28.6 Å². The number of likely N-dealkylation sites (N-methyl/N-ethyl adjacent to an activating group) is 1. The Morgan fingerprint density at radius 2 is 0.862 bits per heavy atom. The number of carbonyl (C=O) groups is 3. The lowest BCUT2D eigenvalue weighted by Crippen LogP contribution is -2.55. The Morgan fingerprint density at radius 1 is 0.477 bits per heavy atom. The molecule has 0 spiro atoms. The van der Waals surface area contributed by atoms with Gasteiger partial charge in [-0.2, -0.15) is 0 Å². The average Bonchev–Trinajstić information content (AvgIpc) is 3.27. The van der Waals surface area contributed by atoms with Crippen LogP contribution < -0.4 is 5.11 Å². The monoisotopic (exact) mass is 910 g/mol. The highest BCUT2D eigenvalue weighted by atomic mass is 16.6. The summed E-state index contributed by atoms with van der Waals surface area (Å²) in [6.07, 6.45) is 61.0. The van der Waals surface area contributed by atoms with Crippen molar-refractivity contribution in [2.24, 2.45) is 0 Å². The van der Waals surface area contributed by atoms with E-state index < -0.39 is 18.1 Å². The third-order valence-corrected chi connectivity index (χ3v) is 11.6. The number of hydrogen-bond acceptors (Lipinski definition) is 7. The van der Waals surface area contributed by atoms with Gasteiger partial charge in [0, 0.05) is 19.3 Å². The molecule has 8 nitrogen and oxygen atoms in total. The topological polar surface area (TPSA) is 102 Å². The number of carboxylic acid groups (broad SMARTS) is 1. The van der Waals surface area contributed by atoms with Crippen molar-refractivity contribution in [3.63, 3.8) is 0 Å². The first kappa shape index (κ1) is 61.8. The molecule has 0 N–H and O–H groups in total. The van der Waals surface area contributed by atoms with Crippen LogP contribution in [0.25, 0.3) is 0 Å². The third kappa shape index (κ3) is 45.7. The number of allylic oxidation sites excluding steroid dienone is 12. The van der Waals surface area contributed by atoms with Crippen molar-refractivity contribution in [2.45, 2.75) is 231 Å². The second-order valence-corrected chi connectivity index (χ2v) is 18.7. The largest absolute Gasteiger partial charge is 0.544 e. The maximum Gasteiger partial charge on any atom is 0.306 e. The molecule has 0 aliphatic carbocycles. The predicted molar refractivity (Wildman–Crippen MR) is 272 cm³/mol. The number of carboxylic acids is 1. The number of ether oxygens (including phenoxy) is 3. The van der Waals surface area contributed by atoms with Gasteiger partial charge in [-0.15, -0.1) is 0 Å². The van der Waals surface area contributed by atoms with E-state index in [4.69, 9.17) is 14.2 Å². The highest BCUT2D eigenvalue weighted by Gasteiger charge is 2.25. The first-order valence-electron chi connectivity index (χ1n) is 26.5. The zero-order valence-corrected chi connectivity index (χ0v) is 42.6. The van der Waals surface area contributed by atoms with E-state index in [1.807, 2.05) is 12.2 Å². The molecule has 2 unspecified atom stereocenters. The molecule has 0 aliphatic rings. The summed E-state index contributed by atoms with van der Waals surface area (Å²) in [5, 5.41) is 11.7. The number of unbranched alkanes of at least 4 members (excludes halogenated alkanes) is 21. The molecule has 0 aromatic heterocycles. The van der Waals surface area contributed by atoms with Crippen LogP contribution in [0.15, 0.2) is 72.9 Å². The Balaban J connectivity index is 4.31. The Hall–Kier alpha value is -3.23. The number of rotatable bonds is 47. The van der Waals surface area contributed by atoms with Gasteiger partial charge in [0.15, 0.2) is 6.10 Å². The minimum absolute atomic E-state index is 0.0163. The summed E-state index contributed by atoms with van der Waals surface area (Å²) in [6.45, 7) is 4.49. The van der Waals surface area contributed by atoms with Crippen LogP contribution in [0.2, 0.25) is 0 Å². The summed E-state index contributed by atoms with van der Waals surface area (Å²) in [7, 11) is 5.39. The van der Waals surface area contributed by atoms with Crippen LogP contribution in [0.5, 0.6) is 0 Å². The molecule has 0 rings (SSSR count). The zero-order valence-electron chi connectivity index (χ0n) is 42.6. The van der Waals surface area contributed by atoms with Crippen molar-refractivity contribution >= 4 is 17.9 Å². The Kier molecular flexibility index (Phi) is 44.9. The molecule has 0 saturated carbocycles. The maximum absolute atomic E-state index is 12.8. The van der Waals surface area contributed by atoms with E-state index in [9.17, 15) is 19.5 Å². The fraction of sp³-hybridized carbons (Fsp3) is 0.737. The minimum Gasteiger partial charge on any atom is -0.544 e. The van der Waals surface area contributed by atoms with Gasteiger partial charge in [-0.25, -0.2) is 0 Å². The molecular formula is C57H99NO7. The van der Waals surface area contributed by atoms with Crippen molar-refractivity contribution < 1.29 is 38.2 Å². The van der Waals surface area contributed by atoms with Crippen LogP contribution in [-0.4, -0.2) is 75.5 Å².